The number of thioether (sulfide) groups is 1. The van der Waals surface area contributed by atoms with Crippen molar-refractivity contribution >= 4 is 28.6 Å². The standard InChI is InChI=1S/C26H30F3N3OS/c1-3-32-23-12-7-18(25(33)31-15-21-10-11-22(16-30-21)34-4-2)13-19(23)14-24(32)17-5-8-20(9-6-17)26(27,28)29/h7,10-14,16-17,20H,3-6,8-9,15H2,1-2H3,(H,31,33). The van der Waals surface area contributed by atoms with Crippen LogP contribution < -0.4 is 5.32 Å². The number of amides is 1. The van der Waals surface area contributed by atoms with E-state index in [4.69, 9.17) is 0 Å². The normalized spacial score (nSPS) is 18.9. The SMILES string of the molecule is CCSc1ccc(CNC(=O)c2ccc3c(c2)cc(C2CCC(C(F)(F)F)CC2)n3CC)nc1. The molecule has 4 nitrogen and oxygen atoms in total. The Bertz CT molecular complexity index is 1130. The molecule has 3 aromatic rings. The first kappa shape index (κ1) is 24.6. The van der Waals surface area contributed by atoms with Gasteiger partial charge in [-0.05, 0) is 80.7 Å². The monoisotopic (exact) mass is 489 g/mol. The summed E-state index contributed by atoms with van der Waals surface area (Å²) in [6, 6.07) is 11.6. The molecule has 2 aromatic heterocycles. The van der Waals surface area contributed by atoms with Crippen LogP contribution in [0.1, 0.15) is 67.2 Å². The molecule has 0 spiro atoms. The molecule has 0 aliphatic heterocycles. The van der Waals surface area contributed by atoms with Gasteiger partial charge in [-0.1, -0.05) is 6.92 Å². The van der Waals surface area contributed by atoms with Crippen LogP contribution in [0.2, 0.25) is 0 Å². The van der Waals surface area contributed by atoms with E-state index in [1.54, 1.807) is 11.8 Å². The molecule has 34 heavy (non-hydrogen) atoms. The number of nitrogens with zero attached hydrogens (tertiary/aromatic N) is 2. The number of alkyl halides is 3. The van der Waals surface area contributed by atoms with Crippen molar-refractivity contribution in [3.05, 3.63) is 59.5 Å². The first-order valence-electron chi connectivity index (χ1n) is 11.9. The molecule has 1 aromatic carbocycles. The number of carbonyl (C=O) groups is 1. The molecule has 1 N–H and O–H groups in total. The van der Waals surface area contributed by atoms with Gasteiger partial charge in [0.05, 0.1) is 18.2 Å². The van der Waals surface area contributed by atoms with Gasteiger partial charge in [-0.15, -0.1) is 11.8 Å². The first-order chi connectivity index (χ1) is 16.3. The predicted octanol–water partition coefficient (Wildman–Crippen LogP) is 6.93. The second-order valence-corrected chi connectivity index (χ2v) is 10.1. The molecule has 4 rings (SSSR count). The molecule has 1 fully saturated rings. The number of fused-ring (bicyclic) bond motifs is 1. The van der Waals surface area contributed by atoms with E-state index in [0.717, 1.165) is 39.5 Å². The molecule has 1 amide bonds. The van der Waals surface area contributed by atoms with Crippen molar-refractivity contribution in [2.75, 3.05) is 5.75 Å². The number of hydrogen-bond acceptors (Lipinski definition) is 3. The summed E-state index contributed by atoms with van der Waals surface area (Å²) < 4.78 is 41.4. The van der Waals surface area contributed by atoms with E-state index in [2.05, 4.69) is 27.9 Å². The number of aromatic nitrogens is 2. The summed E-state index contributed by atoms with van der Waals surface area (Å²) in [6.07, 6.45) is -0.846. The fourth-order valence-corrected chi connectivity index (χ4v) is 5.51. The minimum Gasteiger partial charge on any atom is -0.346 e. The lowest BCUT2D eigenvalue weighted by molar-refractivity contribution is -0.182. The van der Waals surface area contributed by atoms with E-state index in [1.807, 2.05) is 43.5 Å². The zero-order chi connectivity index (χ0) is 24.3. The summed E-state index contributed by atoms with van der Waals surface area (Å²) in [4.78, 5) is 18.3. The third-order valence-electron chi connectivity index (χ3n) is 6.66. The van der Waals surface area contributed by atoms with Gasteiger partial charge in [0.1, 0.15) is 0 Å². The summed E-state index contributed by atoms with van der Waals surface area (Å²) in [5.74, 6) is -0.263. The number of pyridine rings is 1. The Morgan fingerprint density at radius 1 is 1.12 bits per heavy atom. The van der Waals surface area contributed by atoms with Gasteiger partial charge >= 0.3 is 6.18 Å². The van der Waals surface area contributed by atoms with E-state index < -0.39 is 12.1 Å². The van der Waals surface area contributed by atoms with Gasteiger partial charge in [-0.25, -0.2) is 0 Å². The highest BCUT2D eigenvalue weighted by atomic mass is 32.2. The average Bonchev–Trinajstić information content (AvgIpc) is 3.21. The summed E-state index contributed by atoms with van der Waals surface area (Å²) in [5.41, 5.74) is 3.44. The predicted molar refractivity (Wildman–Crippen MR) is 130 cm³/mol. The highest BCUT2D eigenvalue weighted by Crippen LogP contribution is 2.43. The van der Waals surface area contributed by atoms with E-state index in [0.29, 0.717) is 24.9 Å². The number of aryl methyl sites for hydroxylation is 1. The van der Waals surface area contributed by atoms with Crippen LogP contribution in [0.25, 0.3) is 10.9 Å². The van der Waals surface area contributed by atoms with Crippen LogP contribution >= 0.6 is 11.8 Å². The molecule has 0 unspecified atom stereocenters. The van der Waals surface area contributed by atoms with Crippen LogP contribution in [0.5, 0.6) is 0 Å². The fraction of sp³-hybridized carbons (Fsp3) is 0.462. The highest BCUT2D eigenvalue weighted by molar-refractivity contribution is 7.99. The van der Waals surface area contributed by atoms with Crippen molar-refractivity contribution in [3.8, 4) is 0 Å². The maximum absolute atomic E-state index is 13.1. The van der Waals surface area contributed by atoms with Crippen LogP contribution in [0.15, 0.2) is 47.5 Å². The van der Waals surface area contributed by atoms with Crippen molar-refractivity contribution in [2.45, 2.75) is 69.6 Å². The number of halogens is 3. The van der Waals surface area contributed by atoms with Gasteiger partial charge in [0.15, 0.2) is 0 Å². The molecule has 1 saturated carbocycles. The van der Waals surface area contributed by atoms with Gasteiger partial charge in [0, 0.05) is 39.8 Å². The van der Waals surface area contributed by atoms with Crippen molar-refractivity contribution in [1.29, 1.82) is 0 Å². The number of nitrogens with one attached hydrogen (secondary N) is 1. The second kappa shape index (κ2) is 10.4. The first-order valence-corrected chi connectivity index (χ1v) is 12.8. The zero-order valence-electron chi connectivity index (χ0n) is 19.5. The van der Waals surface area contributed by atoms with Gasteiger partial charge in [0.2, 0.25) is 0 Å². The molecule has 0 saturated heterocycles. The van der Waals surface area contributed by atoms with Crippen molar-refractivity contribution in [2.24, 2.45) is 5.92 Å². The van der Waals surface area contributed by atoms with E-state index >= 15 is 0 Å². The Morgan fingerprint density at radius 3 is 2.50 bits per heavy atom. The molecule has 2 heterocycles. The van der Waals surface area contributed by atoms with Crippen LogP contribution in [-0.2, 0) is 13.1 Å². The van der Waals surface area contributed by atoms with Crippen molar-refractivity contribution in [3.63, 3.8) is 0 Å². The van der Waals surface area contributed by atoms with Crippen LogP contribution in [-0.4, -0.2) is 27.4 Å². The minimum atomic E-state index is -4.10. The molecule has 1 aliphatic carbocycles. The number of carbonyl (C=O) groups excluding carboxylic acids is 1. The molecule has 1 aliphatic rings. The lowest BCUT2D eigenvalue weighted by Crippen LogP contribution is -2.27. The Morgan fingerprint density at radius 2 is 1.88 bits per heavy atom. The van der Waals surface area contributed by atoms with Crippen LogP contribution in [0.4, 0.5) is 13.2 Å². The second-order valence-electron chi connectivity index (χ2n) is 8.78. The fourth-order valence-electron chi connectivity index (χ4n) is 4.88. The number of rotatable bonds is 7. The third-order valence-corrected chi connectivity index (χ3v) is 7.52. The van der Waals surface area contributed by atoms with E-state index in [9.17, 15) is 18.0 Å². The molecular weight excluding hydrogens is 459 g/mol. The van der Waals surface area contributed by atoms with E-state index in [-0.39, 0.29) is 24.7 Å². The number of hydrogen-bond donors (Lipinski definition) is 1. The Labute approximate surface area is 202 Å². The zero-order valence-corrected chi connectivity index (χ0v) is 20.3. The lowest BCUT2D eigenvalue weighted by Gasteiger charge is -2.30. The topological polar surface area (TPSA) is 46.9 Å². The Hall–Kier alpha value is -2.48. The Kier molecular flexibility index (Phi) is 7.55. The smallest absolute Gasteiger partial charge is 0.346 e. The van der Waals surface area contributed by atoms with Crippen LogP contribution in [0.3, 0.4) is 0 Å². The van der Waals surface area contributed by atoms with Crippen molar-refractivity contribution in [1.82, 2.24) is 14.9 Å². The van der Waals surface area contributed by atoms with Gasteiger partial charge in [-0.3, -0.25) is 9.78 Å². The summed E-state index contributed by atoms with van der Waals surface area (Å²) in [7, 11) is 0. The molecule has 8 heteroatoms. The summed E-state index contributed by atoms with van der Waals surface area (Å²) >= 11 is 1.72. The summed E-state index contributed by atoms with van der Waals surface area (Å²) in [6.45, 7) is 5.22. The molecular formula is C26H30F3N3OS. The van der Waals surface area contributed by atoms with E-state index in [1.165, 1.54) is 0 Å². The molecule has 0 atom stereocenters. The number of benzene rings is 1. The average molecular weight is 490 g/mol. The Balaban J connectivity index is 1.46. The van der Waals surface area contributed by atoms with Gasteiger partial charge in [0.25, 0.3) is 5.91 Å². The lowest BCUT2D eigenvalue weighted by atomic mass is 9.80. The largest absolute Gasteiger partial charge is 0.391 e. The molecule has 182 valence electrons. The minimum absolute atomic E-state index is 0.114. The van der Waals surface area contributed by atoms with Gasteiger partial charge < -0.3 is 9.88 Å². The maximum Gasteiger partial charge on any atom is 0.391 e. The summed E-state index contributed by atoms with van der Waals surface area (Å²) in [5, 5.41) is 3.87. The van der Waals surface area contributed by atoms with Crippen LogP contribution in [0, 0.1) is 5.92 Å². The highest BCUT2D eigenvalue weighted by Gasteiger charge is 2.42. The maximum atomic E-state index is 13.1. The molecule has 0 radical (unpaired) electrons. The third kappa shape index (κ3) is 5.43. The molecule has 0 bridgehead atoms. The quantitative estimate of drug-likeness (QED) is 0.366. The van der Waals surface area contributed by atoms with Crippen molar-refractivity contribution < 1.29 is 18.0 Å². The van der Waals surface area contributed by atoms with Gasteiger partial charge in [-0.2, -0.15) is 13.2 Å².